The van der Waals surface area contributed by atoms with Gasteiger partial charge in [0.1, 0.15) is 6.61 Å². The van der Waals surface area contributed by atoms with Gasteiger partial charge in [-0.3, -0.25) is 14.6 Å². The second kappa shape index (κ2) is 14.3. The molecule has 2 aliphatic rings. The van der Waals surface area contributed by atoms with Gasteiger partial charge in [0.05, 0.1) is 24.4 Å². The Morgan fingerprint density at radius 3 is 2.59 bits per heavy atom. The third-order valence-corrected chi connectivity index (χ3v) is 7.87. The Morgan fingerprint density at radius 1 is 1.10 bits per heavy atom. The van der Waals surface area contributed by atoms with Gasteiger partial charge in [0, 0.05) is 37.7 Å². The molecule has 41 heavy (non-hydrogen) atoms. The summed E-state index contributed by atoms with van der Waals surface area (Å²) in [7, 11) is 1.72. The first-order chi connectivity index (χ1) is 19.8. The van der Waals surface area contributed by atoms with Gasteiger partial charge in [0.25, 0.3) is 0 Å². The Kier molecular flexibility index (Phi) is 10.5. The number of ketones is 1. The number of carbonyl (C=O) groups excluding carboxylic acids is 4. The molecule has 4 amide bonds. The molecule has 2 heterocycles. The number of hydrazine groups is 1. The fourth-order valence-electron chi connectivity index (χ4n) is 5.57. The predicted molar refractivity (Wildman–Crippen MR) is 157 cm³/mol. The third kappa shape index (κ3) is 7.74. The lowest BCUT2D eigenvalue weighted by Gasteiger charge is -2.52. The smallest absolute Gasteiger partial charge is 0.407 e. The first-order valence-corrected chi connectivity index (χ1v) is 14.5. The number of likely N-dealkylation sites (tertiary alicyclic amines) is 1. The number of hydrogen-bond acceptors (Lipinski definition) is 6. The molecule has 4 rings (SSSR count). The summed E-state index contributed by atoms with van der Waals surface area (Å²) < 4.78 is 5.85. The van der Waals surface area contributed by atoms with Crippen LogP contribution < -0.4 is 10.6 Å². The molecule has 2 aliphatic heterocycles. The first-order valence-electron chi connectivity index (χ1n) is 13.7. The zero-order valence-electron chi connectivity index (χ0n) is 23.1. The van der Waals surface area contributed by atoms with Crippen molar-refractivity contribution in [1.82, 2.24) is 25.6 Å². The van der Waals surface area contributed by atoms with Gasteiger partial charge >= 0.3 is 12.1 Å². The molecular weight excluding hydrogens is 590 g/mol. The molecule has 0 bridgehead atoms. The SMILES string of the molecule is C=CCOC(=O)NCCC[C@H]1C(=O)N(Cc2cccc(Br)c2)C[C@H]2C1C(=O)CN(C)N2C(=O)NCc1ccccc1. The van der Waals surface area contributed by atoms with Crippen LogP contribution in [0.5, 0.6) is 0 Å². The van der Waals surface area contributed by atoms with Crippen molar-refractivity contribution in [3.05, 3.63) is 82.9 Å². The fraction of sp³-hybridized carbons (Fsp3) is 0.400. The van der Waals surface area contributed by atoms with E-state index in [1.54, 1.807) is 22.0 Å². The number of ether oxygens (including phenoxy) is 1. The number of nitrogens with one attached hydrogen (secondary N) is 2. The van der Waals surface area contributed by atoms with Crippen LogP contribution >= 0.6 is 15.9 Å². The summed E-state index contributed by atoms with van der Waals surface area (Å²) in [4.78, 5) is 54.4. The van der Waals surface area contributed by atoms with Crippen molar-refractivity contribution in [2.45, 2.75) is 32.0 Å². The number of alkyl carbamates (subject to hydrolysis) is 1. The van der Waals surface area contributed by atoms with E-state index in [0.29, 0.717) is 25.9 Å². The molecule has 0 radical (unpaired) electrons. The quantitative estimate of drug-likeness (QED) is 0.307. The summed E-state index contributed by atoms with van der Waals surface area (Å²) in [5, 5.41) is 8.90. The molecule has 2 aromatic rings. The van der Waals surface area contributed by atoms with Crippen LogP contribution in [-0.2, 0) is 27.4 Å². The number of likely N-dealkylation sites (N-methyl/N-ethyl adjacent to an activating group) is 1. The monoisotopic (exact) mass is 625 g/mol. The Bertz CT molecular complexity index is 1260. The van der Waals surface area contributed by atoms with Gasteiger partial charge in [-0.25, -0.2) is 14.6 Å². The molecule has 2 N–H and O–H groups in total. The molecule has 2 aromatic carbocycles. The lowest BCUT2D eigenvalue weighted by Crippen LogP contribution is -2.70. The van der Waals surface area contributed by atoms with Gasteiger partial charge in [-0.05, 0) is 36.1 Å². The Morgan fingerprint density at radius 2 is 1.85 bits per heavy atom. The van der Waals surface area contributed by atoms with E-state index in [1.807, 2.05) is 54.6 Å². The van der Waals surface area contributed by atoms with Gasteiger partial charge in [0.2, 0.25) is 5.91 Å². The fourth-order valence-corrected chi connectivity index (χ4v) is 6.02. The Labute approximate surface area is 248 Å². The van der Waals surface area contributed by atoms with Crippen LogP contribution in [0.4, 0.5) is 9.59 Å². The van der Waals surface area contributed by atoms with Crippen LogP contribution in [0.1, 0.15) is 24.0 Å². The number of piperidine rings is 1. The molecule has 0 spiro atoms. The molecule has 218 valence electrons. The number of amides is 4. The van der Waals surface area contributed by atoms with Gasteiger partial charge in [-0.15, -0.1) is 0 Å². The average Bonchev–Trinajstić information content (AvgIpc) is 2.95. The van der Waals surface area contributed by atoms with Crippen molar-refractivity contribution in [2.75, 3.05) is 33.3 Å². The van der Waals surface area contributed by atoms with E-state index >= 15 is 0 Å². The number of rotatable bonds is 10. The van der Waals surface area contributed by atoms with Crippen LogP contribution in [0.2, 0.25) is 0 Å². The summed E-state index contributed by atoms with van der Waals surface area (Å²) in [6.45, 7) is 4.86. The van der Waals surface area contributed by atoms with Gasteiger partial charge in [-0.2, -0.15) is 0 Å². The zero-order chi connectivity index (χ0) is 29.4. The number of fused-ring (bicyclic) bond motifs is 1. The lowest BCUT2D eigenvalue weighted by atomic mass is 9.74. The van der Waals surface area contributed by atoms with E-state index in [1.165, 1.54) is 6.08 Å². The topological polar surface area (TPSA) is 111 Å². The number of nitrogens with zero attached hydrogens (tertiary/aromatic N) is 3. The maximum absolute atomic E-state index is 13.9. The van der Waals surface area contributed by atoms with E-state index in [4.69, 9.17) is 4.74 Å². The molecule has 2 saturated heterocycles. The molecule has 11 heteroatoms. The highest BCUT2D eigenvalue weighted by molar-refractivity contribution is 9.10. The molecule has 0 saturated carbocycles. The van der Waals surface area contributed by atoms with Crippen LogP contribution in [0, 0.1) is 11.8 Å². The van der Waals surface area contributed by atoms with Crippen LogP contribution in [-0.4, -0.2) is 78.1 Å². The van der Waals surface area contributed by atoms with Crippen molar-refractivity contribution in [3.63, 3.8) is 0 Å². The lowest BCUT2D eigenvalue weighted by molar-refractivity contribution is -0.166. The largest absolute Gasteiger partial charge is 0.445 e. The van der Waals surface area contributed by atoms with Gasteiger partial charge in [-0.1, -0.05) is 71.0 Å². The molecule has 0 aromatic heterocycles. The second-order valence-corrected chi connectivity index (χ2v) is 11.2. The zero-order valence-corrected chi connectivity index (χ0v) is 24.7. The summed E-state index contributed by atoms with van der Waals surface area (Å²) in [6.07, 6.45) is 1.77. The molecule has 10 nitrogen and oxygen atoms in total. The van der Waals surface area contributed by atoms with Crippen molar-refractivity contribution in [3.8, 4) is 0 Å². The maximum Gasteiger partial charge on any atom is 0.407 e. The number of urea groups is 1. The summed E-state index contributed by atoms with van der Waals surface area (Å²) in [5.41, 5.74) is 1.90. The third-order valence-electron chi connectivity index (χ3n) is 7.37. The van der Waals surface area contributed by atoms with E-state index in [9.17, 15) is 19.2 Å². The summed E-state index contributed by atoms with van der Waals surface area (Å²) in [6, 6.07) is 16.5. The molecule has 0 aliphatic carbocycles. The van der Waals surface area contributed by atoms with Crippen LogP contribution in [0.25, 0.3) is 0 Å². The number of halogens is 1. The number of benzene rings is 2. The highest BCUT2D eigenvalue weighted by Gasteiger charge is 2.52. The van der Waals surface area contributed by atoms with Gasteiger partial charge < -0.3 is 20.3 Å². The Balaban J connectivity index is 1.54. The van der Waals surface area contributed by atoms with Gasteiger partial charge in [0.15, 0.2) is 5.78 Å². The van der Waals surface area contributed by atoms with Crippen molar-refractivity contribution >= 4 is 39.7 Å². The highest BCUT2D eigenvalue weighted by Crippen LogP contribution is 2.36. The number of Topliss-reactive ketones (excluding diaryl/α,β-unsaturated/α-hetero) is 1. The maximum atomic E-state index is 13.9. The molecule has 3 atom stereocenters. The van der Waals surface area contributed by atoms with Crippen molar-refractivity contribution in [2.24, 2.45) is 11.8 Å². The van der Waals surface area contributed by atoms with Crippen LogP contribution in [0.3, 0.4) is 0 Å². The first kappa shape index (κ1) is 30.3. The second-order valence-electron chi connectivity index (χ2n) is 10.3. The normalized spacial score (nSPS) is 20.8. The predicted octanol–water partition coefficient (Wildman–Crippen LogP) is 3.73. The van der Waals surface area contributed by atoms with Crippen molar-refractivity contribution in [1.29, 1.82) is 0 Å². The minimum atomic E-state index is -0.646. The van der Waals surface area contributed by atoms with Crippen molar-refractivity contribution < 1.29 is 23.9 Å². The molecule has 1 unspecified atom stereocenters. The molecule has 2 fully saturated rings. The average molecular weight is 627 g/mol. The van der Waals surface area contributed by atoms with E-state index in [-0.39, 0.29) is 44.0 Å². The minimum absolute atomic E-state index is 0.0292. The number of hydrogen-bond donors (Lipinski definition) is 2. The van der Waals surface area contributed by atoms with E-state index in [2.05, 4.69) is 33.1 Å². The standard InChI is InChI=1S/C30H36BrN5O5/c1-3-15-41-30(40)32-14-8-13-24-27-25(19-35(28(24)38)18-22-11-7-12-23(31)16-22)36(34(2)20-26(27)37)29(39)33-17-21-9-5-4-6-10-21/h3-7,9-12,16,24-25,27H,1,8,13-15,17-20H2,2H3,(H,32,40)(H,33,39)/t24-,25+,27?/m1/s1. The molecular formula is C30H36BrN5O5. The highest BCUT2D eigenvalue weighted by atomic mass is 79.9. The van der Waals surface area contributed by atoms with Crippen LogP contribution in [0.15, 0.2) is 71.7 Å². The van der Waals surface area contributed by atoms with E-state index in [0.717, 1.165) is 15.6 Å². The summed E-state index contributed by atoms with van der Waals surface area (Å²) >= 11 is 3.49. The Hall–Kier alpha value is -3.70. The minimum Gasteiger partial charge on any atom is -0.445 e. The summed E-state index contributed by atoms with van der Waals surface area (Å²) in [5.74, 6) is -1.46. The number of carbonyl (C=O) groups is 4. The van der Waals surface area contributed by atoms with E-state index < -0.39 is 24.0 Å².